The largest absolute Gasteiger partial charge is 0.381 e. The Labute approximate surface area is 375 Å². The molecule has 0 aliphatic carbocycles. The van der Waals surface area contributed by atoms with Gasteiger partial charge in [-0.15, -0.1) is 0 Å². The average Bonchev–Trinajstić information content (AvgIpc) is 3.30. The highest BCUT2D eigenvalue weighted by Crippen LogP contribution is 2.34. The Morgan fingerprint density at radius 2 is 1.33 bits per heavy atom. The quantitative estimate of drug-likeness (QED) is 0.0637. The Kier molecular flexibility index (Phi) is 14.2. The van der Waals surface area contributed by atoms with Crippen molar-refractivity contribution in [2.75, 3.05) is 47.4 Å². The molecule has 2 saturated heterocycles. The monoisotopic (exact) mass is 888 g/mol. The molecule has 2 aromatic heterocycles. The van der Waals surface area contributed by atoms with E-state index in [1.807, 2.05) is 54.6 Å². The number of carbonyl (C=O) groups is 2. The summed E-state index contributed by atoms with van der Waals surface area (Å²) < 4.78 is 28.5. The van der Waals surface area contributed by atoms with Gasteiger partial charge in [-0.3, -0.25) is 9.59 Å². The van der Waals surface area contributed by atoms with Crippen LogP contribution in [-0.4, -0.2) is 48.0 Å². The number of anilines is 4. The molecule has 0 spiro atoms. The van der Waals surface area contributed by atoms with Crippen LogP contribution in [0.2, 0.25) is 10.0 Å². The van der Waals surface area contributed by atoms with E-state index < -0.39 is 0 Å². The van der Waals surface area contributed by atoms with Crippen LogP contribution in [0.25, 0.3) is 22.3 Å². The molecule has 3 atom stereocenters. The summed E-state index contributed by atoms with van der Waals surface area (Å²) in [7, 11) is 0. The first kappa shape index (κ1) is 43.7. The van der Waals surface area contributed by atoms with Gasteiger partial charge in [-0.25, -0.2) is 18.7 Å². The fourth-order valence-corrected chi connectivity index (χ4v) is 8.70. The Morgan fingerprint density at radius 1 is 0.683 bits per heavy atom. The molecule has 2 amide bonds. The molecule has 6 N–H and O–H groups in total. The van der Waals surface area contributed by atoms with E-state index in [1.54, 1.807) is 36.5 Å². The van der Waals surface area contributed by atoms with E-state index in [2.05, 4.69) is 41.9 Å². The molecule has 4 aromatic carbocycles. The van der Waals surface area contributed by atoms with Crippen molar-refractivity contribution in [3.8, 4) is 22.3 Å². The molecule has 324 valence electrons. The summed E-state index contributed by atoms with van der Waals surface area (Å²) >= 11 is 13.2. The highest BCUT2D eigenvalue weighted by molar-refractivity contribution is 6.33. The van der Waals surface area contributed by atoms with Crippen LogP contribution >= 0.6 is 23.2 Å². The predicted octanol–water partition coefficient (Wildman–Crippen LogP) is 10.3. The minimum Gasteiger partial charge on any atom is -0.381 e. The first-order valence-corrected chi connectivity index (χ1v) is 21.9. The van der Waals surface area contributed by atoms with Crippen molar-refractivity contribution in [2.24, 2.45) is 11.8 Å². The topological polar surface area (TPSA) is 132 Å². The number of amides is 2. The fourth-order valence-electron chi connectivity index (χ4n) is 8.27. The van der Waals surface area contributed by atoms with Crippen molar-refractivity contribution in [2.45, 2.75) is 44.7 Å². The Hall–Kier alpha value is -5.92. The SMILES string of the molecule is O=C(CC1CNCC(c2cc(F)cc(CNc3cccc(-c4cc(NC(=O)C5CCCNC5)ncc4Cl)c3)c2)C1)Nc1cc(-c2cccc(NCc3ccc(F)cc3)c2)c(Cl)cn1. The zero-order chi connectivity index (χ0) is 43.7. The van der Waals surface area contributed by atoms with Gasteiger partial charge in [0.05, 0.1) is 16.0 Å². The summed E-state index contributed by atoms with van der Waals surface area (Å²) in [6.45, 7) is 3.81. The van der Waals surface area contributed by atoms with Crippen LogP contribution in [0.3, 0.4) is 0 Å². The molecular weight excluding hydrogens is 841 g/mol. The Bertz CT molecular complexity index is 2570. The third-order valence-electron chi connectivity index (χ3n) is 11.5. The average molecular weight is 890 g/mol. The zero-order valence-corrected chi connectivity index (χ0v) is 36.0. The molecule has 0 saturated carbocycles. The highest BCUT2D eigenvalue weighted by atomic mass is 35.5. The Balaban J connectivity index is 0.864. The second-order valence-corrected chi connectivity index (χ2v) is 17.0. The van der Waals surface area contributed by atoms with E-state index in [-0.39, 0.29) is 47.6 Å². The van der Waals surface area contributed by atoms with Crippen molar-refractivity contribution < 1.29 is 18.4 Å². The number of halogens is 4. The van der Waals surface area contributed by atoms with Gasteiger partial charge in [0, 0.05) is 67.5 Å². The number of nitrogens with zero attached hydrogens (tertiary/aromatic N) is 2. The fraction of sp³-hybridized carbons (Fsp3) is 0.265. The van der Waals surface area contributed by atoms with Gasteiger partial charge in [-0.2, -0.15) is 0 Å². The summed E-state index contributed by atoms with van der Waals surface area (Å²) in [5.41, 5.74) is 7.44. The van der Waals surface area contributed by atoms with Gasteiger partial charge in [0.1, 0.15) is 23.3 Å². The summed E-state index contributed by atoms with van der Waals surface area (Å²) in [5, 5.41) is 20.3. The van der Waals surface area contributed by atoms with E-state index in [0.29, 0.717) is 60.8 Å². The van der Waals surface area contributed by atoms with Gasteiger partial charge in [0.15, 0.2) is 0 Å². The molecule has 6 aromatic rings. The number of aromatic nitrogens is 2. The maximum absolute atomic E-state index is 15.2. The van der Waals surface area contributed by atoms with E-state index in [1.165, 1.54) is 24.4 Å². The minimum absolute atomic E-state index is 0.0106. The lowest BCUT2D eigenvalue weighted by Gasteiger charge is -2.30. The van der Waals surface area contributed by atoms with Gasteiger partial charge >= 0.3 is 0 Å². The molecule has 0 radical (unpaired) electrons. The van der Waals surface area contributed by atoms with Gasteiger partial charge in [-0.1, -0.05) is 65.7 Å². The van der Waals surface area contributed by atoms with Crippen molar-refractivity contribution in [3.05, 3.63) is 154 Å². The third kappa shape index (κ3) is 11.8. The summed E-state index contributed by atoms with van der Waals surface area (Å²) in [4.78, 5) is 35.0. The van der Waals surface area contributed by atoms with Gasteiger partial charge < -0.3 is 31.9 Å². The minimum atomic E-state index is -0.320. The van der Waals surface area contributed by atoms with E-state index in [4.69, 9.17) is 23.2 Å². The van der Waals surface area contributed by atoms with Crippen molar-refractivity contribution in [3.63, 3.8) is 0 Å². The second-order valence-electron chi connectivity index (χ2n) is 16.2. The maximum Gasteiger partial charge on any atom is 0.229 e. The van der Waals surface area contributed by atoms with Crippen LogP contribution < -0.4 is 31.9 Å². The van der Waals surface area contributed by atoms with Gasteiger partial charge in [0.25, 0.3) is 0 Å². The van der Waals surface area contributed by atoms with E-state index >= 15 is 4.39 Å². The molecule has 2 aliphatic heterocycles. The van der Waals surface area contributed by atoms with Gasteiger partial charge in [0.2, 0.25) is 11.8 Å². The van der Waals surface area contributed by atoms with Crippen molar-refractivity contribution in [1.82, 2.24) is 20.6 Å². The molecule has 0 bridgehead atoms. The molecule has 3 unspecified atom stereocenters. The molecule has 2 fully saturated rings. The first-order valence-electron chi connectivity index (χ1n) is 21.2. The molecule has 4 heterocycles. The molecule has 8 rings (SSSR count). The number of carbonyl (C=O) groups excluding carboxylic acids is 2. The van der Waals surface area contributed by atoms with Crippen molar-refractivity contribution >= 4 is 58.0 Å². The molecule has 63 heavy (non-hydrogen) atoms. The lowest BCUT2D eigenvalue weighted by atomic mass is 9.83. The standard InChI is InChI=1S/C49H48Cl2F2N8O2/c50-44-28-58-46(21-42(44)33-4-1-7-40(19-33)56-24-30-9-11-38(52)12-10-30)60-48(62)17-32-15-37(27-55-23-32)36-14-31(16-39(53)18-36)25-57-41-8-2-5-34(20-41)43-22-47(59-29-45(43)51)61-49(63)35-6-3-13-54-26-35/h1-2,4-5,7-12,14,16,18-22,28-29,32,35,37,54-57H,3,6,13,15,17,23-27H2,(H,58,60,62)(H,59,61,63). The summed E-state index contributed by atoms with van der Waals surface area (Å²) in [5.74, 6) is -0.0724. The zero-order valence-electron chi connectivity index (χ0n) is 34.5. The predicted molar refractivity (Wildman–Crippen MR) is 248 cm³/mol. The lowest BCUT2D eigenvalue weighted by molar-refractivity contribution is -0.120. The summed E-state index contributed by atoms with van der Waals surface area (Å²) in [6, 6.07) is 30.6. The first-order chi connectivity index (χ1) is 30.6. The third-order valence-corrected chi connectivity index (χ3v) is 12.1. The Morgan fingerprint density at radius 3 is 1.98 bits per heavy atom. The number of pyridine rings is 2. The van der Waals surface area contributed by atoms with E-state index in [0.717, 1.165) is 69.7 Å². The number of benzene rings is 4. The van der Waals surface area contributed by atoms with Gasteiger partial charge in [-0.05, 0) is 133 Å². The second kappa shape index (κ2) is 20.5. The number of rotatable bonds is 14. The van der Waals surface area contributed by atoms with E-state index in [9.17, 15) is 14.0 Å². The van der Waals surface area contributed by atoms with Crippen LogP contribution in [0, 0.1) is 23.5 Å². The van der Waals surface area contributed by atoms with Crippen LogP contribution in [0.15, 0.2) is 116 Å². The normalized spacial score (nSPS) is 17.4. The molecule has 2 aliphatic rings. The molecule has 10 nitrogen and oxygen atoms in total. The lowest BCUT2D eigenvalue weighted by Crippen LogP contribution is -2.37. The maximum atomic E-state index is 15.2. The smallest absolute Gasteiger partial charge is 0.229 e. The number of hydrogen-bond acceptors (Lipinski definition) is 8. The number of nitrogens with one attached hydrogen (secondary N) is 6. The molecular formula is C49H48Cl2F2N8O2. The van der Waals surface area contributed by atoms with Crippen molar-refractivity contribution in [1.29, 1.82) is 0 Å². The van der Waals surface area contributed by atoms with Crippen LogP contribution in [0.4, 0.5) is 31.8 Å². The summed E-state index contributed by atoms with van der Waals surface area (Å²) in [6.07, 6.45) is 5.84. The van der Waals surface area contributed by atoms with Crippen LogP contribution in [0.5, 0.6) is 0 Å². The van der Waals surface area contributed by atoms with Crippen LogP contribution in [-0.2, 0) is 22.7 Å². The number of piperidine rings is 2. The number of hydrogen-bond donors (Lipinski definition) is 6. The highest BCUT2D eigenvalue weighted by Gasteiger charge is 2.26. The molecule has 14 heteroatoms. The van der Waals surface area contributed by atoms with Crippen LogP contribution in [0.1, 0.15) is 48.3 Å².